The van der Waals surface area contributed by atoms with Crippen molar-refractivity contribution in [2.75, 3.05) is 13.1 Å². The van der Waals surface area contributed by atoms with Crippen LogP contribution in [-0.4, -0.2) is 45.5 Å². The lowest BCUT2D eigenvalue weighted by Gasteiger charge is -2.20. The number of amides is 3. The quantitative estimate of drug-likeness (QED) is 0.584. The van der Waals surface area contributed by atoms with E-state index in [4.69, 9.17) is 0 Å². The van der Waals surface area contributed by atoms with Crippen LogP contribution in [0, 0.1) is 0 Å². The van der Waals surface area contributed by atoms with Crippen LogP contribution in [0.1, 0.15) is 51.5 Å². The summed E-state index contributed by atoms with van der Waals surface area (Å²) in [5.41, 5.74) is 2.54. The molecule has 0 radical (unpaired) electrons. The maximum absolute atomic E-state index is 13.1. The van der Waals surface area contributed by atoms with E-state index in [0.29, 0.717) is 25.3 Å². The van der Waals surface area contributed by atoms with Crippen LogP contribution in [0.5, 0.6) is 0 Å². The van der Waals surface area contributed by atoms with Crippen LogP contribution in [0.2, 0.25) is 0 Å². The standard InChI is InChI=1S/C25H27N5O3/c1-18(20-11-6-3-7-12-20)27-23(31)16-26-24(32)21-15-22-25(33)29(13-8-14-30(22)28-21)17-19-9-4-2-5-10-19/h2-7,9-12,15,18H,8,13-14,16-17H2,1H3,(H,26,32)(H,27,31)/t18-/m1/s1. The second-order valence-corrected chi connectivity index (χ2v) is 8.09. The average molecular weight is 446 g/mol. The minimum atomic E-state index is -0.486. The van der Waals surface area contributed by atoms with Gasteiger partial charge in [0.1, 0.15) is 5.69 Å². The number of benzene rings is 2. The predicted molar refractivity (Wildman–Crippen MR) is 123 cm³/mol. The van der Waals surface area contributed by atoms with Gasteiger partial charge in [0.25, 0.3) is 11.8 Å². The molecule has 0 unspecified atom stereocenters. The Morgan fingerprint density at radius 2 is 1.73 bits per heavy atom. The van der Waals surface area contributed by atoms with Gasteiger partial charge in [0.2, 0.25) is 5.91 Å². The van der Waals surface area contributed by atoms with Crippen molar-refractivity contribution < 1.29 is 14.4 Å². The molecule has 1 atom stereocenters. The van der Waals surface area contributed by atoms with Crippen molar-refractivity contribution in [3.63, 3.8) is 0 Å². The summed E-state index contributed by atoms with van der Waals surface area (Å²) in [5.74, 6) is -0.941. The second kappa shape index (κ2) is 10.1. The first kappa shape index (κ1) is 22.3. The van der Waals surface area contributed by atoms with E-state index >= 15 is 0 Å². The van der Waals surface area contributed by atoms with Crippen LogP contribution < -0.4 is 10.6 Å². The molecule has 3 aromatic rings. The van der Waals surface area contributed by atoms with Crippen molar-refractivity contribution in [1.29, 1.82) is 0 Å². The minimum Gasteiger partial charge on any atom is -0.348 e. The summed E-state index contributed by atoms with van der Waals surface area (Å²) in [6, 6.07) is 20.7. The van der Waals surface area contributed by atoms with Gasteiger partial charge in [-0.3, -0.25) is 19.1 Å². The highest BCUT2D eigenvalue weighted by Gasteiger charge is 2.26. The minimum absolute atomic E-state index is 0.129. The molecular weight excluding hydrogens is 418 g/mol. The molecule has 8 heteroatoms. The summed E-state index contributed by atoms with van der Waals surface area (Å²) in [6.45, 7) is 3.39. The fourth-order valence-corrected chi connectivity index (χ4v) is 3.87. The molecule has 1 aromatic heterocycles. The van der Waals surface area contributed by atoms with Crippen LogP contribution in [0.25, 0.3) is 0 Å². The van der Waals surface area contributed by atoms with E-state index in [9.17, 15) is 14.4 Å². The van der Waals surface area contributed by atoms with Crippen LogP contribution in [0.4, 0.5) is 0 Å². The molecule has 0 saturated heterocycles. The molecule has 4 rings (SSSR count). The zero-order valence-electron chi connectivity index (χ0n) is 18.5. The maximum atomic E-state index is 13.1. The number of rotatable bonds is 7. The molecule has 8 nitrogen and oxygen atoms in total. The number of aryl methyl sites for hydroxylation is 1. The normalized spacial score (nSPS) is 14.2. The Morgan fingerprint density at radius 3 is 2.45 bits per heavy atom. The van der Waals surface area contributed by atoms with Gasteiger partial charge in [-0.15, -0.1) is 0 Å². The first-order chi connectivity index (χ1) is 16.0. The Labute approximate surface area is 192 Å². The first-order valence-electron chi connectivity index (χ1n) is 11.0. The third kappa shape index (κ3) is 5.46. The lowest BCUT2D eigenvalue weighted by atomic mass is 10.1. The summed E-state index contributed by atoms with van der Waals surface area (Å²) in [7, 11) is 0. The van der Waals surface area contributed by atoms with Gasteiger partial charge in [0.15, 0.2) is 5.69 Å². The number of nitrogens with one attached hydrogen (secondary N) is 2. The molecule has 0 aliphatic carbocycles. The van der Waals surface area contributed by atoms with Gasteiger partial charge in [-0.25, -0.2) is 0 Å². The molecule has 2 heterocycles. The SMILES string of the molecule is C[C@@H](NC(=O)CNC(=O)c1cc2n(n1)CCCN(Cc1ccccc1)C2=O)c1ccccc1. The van der Waals surface area contributed by atoms with E-state index in [1.807, 2.05) is 67.6 Å². The van der Waals surface area contributed by atoms with Gasteiger partial charge in [-0.1, -0.05) is 60.7 Å². The summed E-state index contributed by atoms with van der Waals surface area (Å²) in [5, 5.41) is 9.77. The van der Waals surface area contributed by atoms with E-state index in [-0.39, 0.29) is 30.1 Å². The molecule has 170 valence electrons. The molecule has 0 saturated carbocycles. The van der Waals surface area contributed by atoms with Crippen molar-refractivity contribution in [3.8, 4) is 0 Å². The molecule has 1 aliphatic rings. The molecule has 0 bridgehead atoms. The summed E-state index contributed by atoms with van der Waals surface area (Å²) >= 11 is 0. The largest absolute Gasteiger partial charge is 0.348 e. The highest BCUT2D eigenvalue weighted by molar-refractivity contribution is 5.99. The zero-order valence-corrected chi connectivity index (χ0v) is 18.5. The first-order valence-corrected chi connectivity index (χ1v) is 11.0. The maximum Gasteiger partial charge on any atom is 0.272 e. The number of hydrogen-bond acceptors (Lipinski definition) is 4. The number of fused-ring (bicyclic) bond motifs is 1. The van der Waals surface area contributed by atoms with Crippen LogP contribution in [0.15, 0.2) is 66.7 Å². The van der Waals surface area contributed by atoms with Crippen LogP contribution in [-0.2, 0) is 17.9 Å². The topological polar surface area (TPSA) is 96.3 Å². The Bertz CT molecular complexity index is 1130. The van der Waals surface area contributed by atoms with E-state index in [0.717, 1.165) is 17.5 Å². The number of carbonyl (C=O) groups is 3. The highest BCUT2D eigenvalue weighted by atomic mass is 16.2. The number of nitrogens with zero attached hydrogens (tertiary/aromatic N) is 3. The van der Waals surface area contributed by atoms with Crippen LogP contribution >= 0.6 is 0 Å². The van der Waals surface area contributed by atoms with Gasteiger partial charge in [0.05, 0.1) is 12.6 Å². The number of hydrogen-bond donors (Lipinski definition) is 2. The molecule has 0 spiro atoms. The molecule has 2 aromatic carbocycles. The summed E-state index contributed by atoms with van der Waals surface area (Å²) in [4.78, 5) is 39.7. The third-order valence-electron chi connectivity index (χ3n) is 5.62. The van der Waals surface area contributed by atoms with Gasteiger partial charge in [-0.2, -0.15) is 5.10 Å². The van der Waals surface area contributed by atoms with Crippen LogP contribution in [0.3, 0.4) is 0 Å². The highest BCUT2D eigenvalue weighted by Crippen LogP contribution is 2.17. The molecular formula is C25H27N5O3. The Morgan fingerprint density at radius 1 is 1.03 bits per heavy atom. The smallest absolute Gasteiger partial charge is 0.272 e. The van der Waals surface area contributed by atoms with Crippen molar-refractivity contribution in [3.05, 3.63) is 89.2 Å². The van der Waals surface area contributed by atoms with Gasteiger partial charge in [-0.05, 0) is 24.5 Å². The fraction of sp³-hybridized carbons (Fsp3) is 0.280. The van der Waals surface area contributed by atoms with E-state index in [1.54, 1.807) is 9.58 Å². The molecule has 1 aliphatic heterocycles. The third-order valence-corrected chi connectivity index (χ3v) is 5.62. The van der Waals surface area contributed by atoms with Crippen molar-refractivity contribution >= 4 is 17.7 Å². The van der Waals surface area contributed by atoms with Gasteiger partial charge < -0.3 is 15.5 Å². The fourth-order valence-electron chi connectivity index (χ4n) is 3.87. The Balaban J connectivity index is 1.36. The molecule has 0 fully saturated rings. The Kier molecular flexibility index (Phi) is 6.83. The second-order valence-electron chi connectivity index (χ2n) is 8.09. The van der Waals surface area contributed by atoms with E-state index in [1.165, 1.54) is 6.07 Å². The summed E-state index contributed by atoms with van der Waals surface area (Å²) < 4.78 is 1.58. The predicted octanol–water partition coefficient (Wildman–Crippen LogP) is 2.54. The van der Waals surface area contributed by atoms with Gasteiger partial charge in [0, 0.05) is 25.7 Å². The molecule has 2 N–H and O–H groups in total. The van der Waals surface area contributed by atoms with E-state index < -0.39 is 5.91 Å². The van der Waals surface area contributed by atoms with Crippen molar-refractivity contribution in [2.24, 2.45) is 0 Å². The summed E-state index contributed by atoms with van der Waals surface area (Å²) in [6.07, 6.45) is 0.744. The van der Waals surface area contributed by atoms with Crippen molar-refractivity contribution in [1.82, 2.24) is 25.3 Å². The zero-order chi connectivity index (χ0) is 23.2. The average Bonchev–Trinajstić information content (AvgIpc) is 3.21. The molecule has 3 amide bonds. The van der Waals surface area contributed by atoms with Gasteiger partial charge >= 0.3 is 0 Å². The monoisotopic (exact) mass is 445 g/mol. The lowest BCUT2D eigenvalue weighted by molar-refractivity contribution is -0.120. The number of carbonyl (C=O) groups excluding carboxylic acids is 3. The Hall–Kier alpha value is -3.94. The van der Waals surface area contributed by atoms with E-state index in [2.05, 4.69) is 15.7 Å². The molecule has 33 heavy (non-hydrogen) atoms. The lowest BCUT2D eigenvalue weighted by Crippen LogP contribution is -2.38. The number of aromatic nitrogens is 2. The van der Waals surface area contributed by atoms with Crippen molar-refractivity contribution in [2.45, 2.75) is 32.5 Å².